The van der Waals surface area contributed by atoms with Crippen LogP contribution in [0.4, 0.5) is 0 Å². The van der Waals surface area contributed by atoms with Crippen molar-refractivity contribution in [2.75, 3.05) is 6.54 Å². The number of nitrogens with one attached hydrogen (secondary N) is 4. The fraction of sp³-hybridized carbons (Fsp3) is 0.611. The van der Waals surface area contributed by atoms with E-state index in [0.717, 1.165) is 19.3 Å². The summed E-state index contributed by atoms with van der Waals surface area (Å²) in [5.74, 6) is -0.942. The van der Waals surface area contributed by atoms with Gasteiger partial charge in [0, 0.05) is 12.5 Å². The molecule has 1 aromatic heterocycles. The van der Waals surface area contributed by atoms with Crippen molar-refractivity contribution in [3.8, 4) is 6.07 Å². The predicted octanol–water partition coefficient (Wildman–Crippen LogP) is 0.886. The summed E-state index contributed by atoms with van der Waals surface area (Å²) in [6.45, 7) is 0.644. The van der Waals surface area contributed by atoms with Crippen molar-refractivity contribution in [3.63, 3.8) is 0 Å². The fourth-order valence-corrected chi connectivity index (χ4v) is 3.46. The Morgan fingerprint density at radius 3 is 2.71 bits per heavy atom. The number of nitrogens with zero attached hydrogens (tertiary/aromatic N) is 2. The van der Waals surface area contributed by atoms with Crippen LogP contribution in [-0.4, -0.2) is 46.3 Å². The van der Waals surface area contributed by atoms with Gasteiger partial charge >= 0.3 is 0 Å². The number of imidazole rings is 1. The first kappa shape index (κ1) is 20.1. The first-order valence-electron chi connectivity index (χ1n) is 9.45. The number of rotatable bonds is 8. The van der Waals surface area contributed by atoms with Crippen LogP contribution in [0.25, 0.3) is 0 Å². The van der Waals surface area contributed by atoms with E-state index >= 15 is 0 Å². The first-order chi connectivity index (χ1) is 13.5. The van der Waals surface area contributed by atoms with Crippen molar-refractivity contribution >= 4 is 29.3 Å². The van der Waals surface area contributed by atoms with Gasteiger partial charge in [-0.05, 0) is 31.6 Å². The van der Waals surface area contributed by atoms with Gasteiger partial charge in [0.2, 0.25) is 11.8 Å². The topological polar surface area (TPSA) is 140 Å². The average molecular weight is 407 g/mol. The summed E-state index contributed by atoms with van der Waals surface area (Å²) in [7, 11) is 0. The van der Waals surface area contributed by atoms with Crippen molar-refractivity contribution in [2.24, 2.45) is 11.8 Å². The number of carbonyl (C=O) groups is 3. The van der Waals surface area contributed by atoms with Gasteiger partial charge in [-0.25, -0.2) is 4.98 Å². The van der Waals surface area contributed by atoms with Crippen molar-refractivity contribution in [1.29, 1.82) is 5.26 Å². The van der Waals surface area contributed by atoms with E-state index in [1.165, 1.54) is 6.20 Å². The van der Waals surface area contributed by atoms with Crippen LogP contribution in [0.1, 0.15) is 49.1 Å². The molecule has 28 heavy (non-hydrogen) atoms. The zero-order valence-corrected chi connectivity index (χ0v) is 16.1. The fourth-order valence-electron chi connectivity index (χ4n) is 3.32. The maximum absolute atomic E-state index is 12.7. The molecule has 2 aliphatic rings. The van der Waals surface area contributed by atoms with Gasteiger partial charge in [-0.15, -0.1) is 0 Å². The molecule has 1 aliphatic carbocycles. The standard InChI is InChI=1S/C18H23ClN6O3/c19-14-9-22-15(25-14)18(28)24-13(6-10-3-4-10)17(27)23-12(8-20)7-11-2-1-5-21-16(11)26/h9-13H,1-7H2,(H,21,26)(H,22,25)(H,23,27)(H,24,28). The molecule has 150 valence electrons. The van der Waals surface area contributed by atoms with E-state index in [2.05, 4.69) is 32.0 Å². The van der Waals surface area contributed by atoms with Crippen LogP contribution in [0, 0.1) is 23.2 Å². The highest BCUT2D eigenvalue weighted by molar-refractivity contribution is 6.29. The van der Waals surface area contributed by atoms with E-state index in [4.69, 9.17) is 11.6 Å². The molecule has 1 aliphatic heterocycles. The van der Waals surface area contributed by atoms with Crippen LogP contribution >= 0.6 is 11.6 Å². The van der Waals surface area contributed by atoms with Crippen LogP contribution in [0.2, 0.25) is 5.15 Å². The second-order valence-corrected chi connectivity index (χ2v) is 7.75. The molecule has 1 saturated carbocycles. The van der Waals surface area contributed by atoms with E-state index in [9.17, 15) is 19.6 Å². The number of carbonyl (C=O) groups excluding carboxylic acids is 3. The molecule has 0 bridgehead atoms. The number of amides is 3. The van der Waals surface area contributed by atoms with E-state index in [0.29, 0.717) is 25.3 Å². The molecule has 3 amide bonds. The molecule has 1 aromatic rings. The van der Waals surface area contributed by atoms with E-state index < -0.39 is 23.9 Å². The summed E-state index contributed by atoms with van der Waals surface area (Å²) in [4.78, 5) is 43.4. The third kappa shape index (κ3) is 5.45. The quantitative estimate of drug-likeness (QED) is 0.507. The molecule has 3 atom stereocenters. The normalized spacial score (nSPS) is 21.1. The Morgan fingerprint density at radius 2 is 2.11 bits per heavy atom. The lowest BCUT2D eigenvalue weighted by molar-refractivity contribution is -0.128. The van der Waals surface area contributed by atoms with Gasteiger partial charge in [0.15, 0.2) is 5.82 Å². The van der Waals surface area contributed by atoms with Gasteiger partial charge in [0.05, 0.1) is 12.3 Å². The number of aromatic amines is 1. The van der Waals surface area contributed by atoms with Gasteiger partial charge < -0.3 is 20.9 Å². The zero-order chi connectivity index (χ0) is 20.1. The first-order valence-corrected chi connectivity index (χ1v) is 9.83. The Balaban J connectivity index is 1.60. The molecular weight excluding hydrogens is 384 g/mol. The second kappa shape index (κ2) is 9.06. The molecule has 0 spiro atoms. The lowest BCUT2D eigenvalue weighted by Gasteiger charge is -2.25. The van der Waals surface area contributed by atoms with Gasteiger partial charge in [0.25, 0.3) is 5.91 Å². The zero-order valence-electron chi connectivity index (χ0n) is 15.3. The maximum Gasteiger partial charge on any atom is 0.287 e. The lowest BCUT2D eigenvalue weighted by atomic mass is 9.92. The summed E-state index contributed by atoms with van der Waals surface area (Å²) >= 11 is 5.74. The Bertz CT molecular complexity index is 785. The molecule has 0 radical (unpaired) electrons. The van der Waals surface area contributed by atoms with Crippen LogP contribution in [0.3, 0.4) is 0 Å². The van der Waals surface area contributed by atoms with Gasteiger partial charge in [-0.1, -0.05) is 24.4 Å². The monoisotopic (exact) mass is 406 g/mol. The Morgan fingerprint density at radius 1 is 1.32 bits per heavy atom. The van der Waals surface area contributed by atoms with Crippen LogP contribution in [-0.2, 0) is 9.59 Å². The van der Waals surface area contributed by atoms with Crippen LogP contribution < -0.4 is 16.0 Å². The van der Waals surface area contributed by atoms with E-state index in [1.54, 1.807) is 0 Å². The minimum atomic E-state index is -0.794. The summed E-state index contributed by atoms with van der Waals surface area (Å²) in [5, 5.41) is 17.8. The highest BCUT2D eigenvalue weighted by Gasteiger charge is 2.33. The number of hydrogen-bond acceptors (Lipinski definition) is 5. The number of piperidine rings is 1. The van der Waals surface area contributed by atoms with E-state index in [-0.39, 0.29) is 29.2 Å². The number of nitriles is 1. The third-order valence-electron chi connectivity index (χ3n) is 5.04. The minimum absolute atomic E-state index is 0.0225. The van der Waals surface area contributed by atoms with Crippen LogP contribution in [0.5, 0.6) is 0 Å². The van der Waals surface area contributed by atoms with Crippen molar-refractivity contribution < 1.29 is 14.4 Å². The molecule has 1 saturated heterocycles. The highest BCUT2D eigenvalue weighted by atomic mass is 35.5. The Kier molecular flexibility index (Phi) is 6.52. The molecule has 9 nitrogen and oxygen atoms in total. The van der Waals surface area contributed by atoms with Gasteiger partial charge in [-0.2, -0.15) is 5.26 Å². The number of aromatic nitrogens is 2. The summed E-state index contributed by atoms with van der Waals surface area (Å²) in [5.41, 5.74) is 0. The van der Waals surface area contributed by atoms with Gasteiger partial charge in [0.1, 0.15) is 17.2 Å². The average Bonchev–Trinajstić information content (AvgIpc) is 3.39. The van der Waals surface area contributed by atoms with Crippen molar-refractivity contribution in [1.82, 2.24) is 25.9 Å². The summed E-state index contributed by atoms with van der Waals surface area (Å²) in [6, 6.07) is 0.481. The minimum Gasteiger partial charge on any atom is -0.356 e. The third-order valence-corrected chi connectivity index (χ3v) is 5.23. The molecule has 3 rings (SSSR count). The molecule has 4 N–H and O–H groups in total. The predicted molar refractivity (Wildman–Crippen MR) is 100 cm³/mol. The molecule has 2 heterocycles. The second-order valence-electron chi connectivity index (χ2n) is 7.34. The number of halogens is 1. The van der Waals surface area contributed by atoms with Crippen LogP contribution in [0.15, 0.2) is 6.20 Å². The maximum atomic E-state index is 12.7. The van der Waals surface area contributed by atoms with Gasteiger partial charge in [-0.3, -0.25) is 14.4 Å². The SMILES string of the molecule is N#CC(CC1CCCNC1=O)NC(=O)C(CC1CC1)NC(=O)c1ncc(Cl)[nH]1. The summed E-state index contributed by atoms with van der Waals surface area (Å²) < 4.78 is 0. The molecule has 0 aromatic carbocycles. The number of H-pyrrole nitrogens is 1. The summed E-state index contributed by atoms with van der Waals surface area (Å²) in [6.07, 6.45) is 5.63. The number of hydrogen-bond donors (Lipinski definition) is 4. The highest BCUT2D eigenvalue weighted by Crippen LogP contribution is 2.33. The largest absolute Gasteiger partial charge is 0.356 e. The van der Waals surface area contributed by atoms with Crippen molar-refractivity contribution in [3.05, 3.63) is 17.2 Å². The lowest BCUT2D eigenvalue weighted by Crippen LogP contribution is -2.50. The molecular formula is C18H23ClN6O3. The molecule has 10 heteroatoms. The molecule has 3 unspecified atom stereocenters. The molecule has 2 fully saturated rings. The van der Waals surface area contributed by atoms with Crippen molar-refractivity contribution in [2.45, 2.75) is 50.6 Å². The Labute approximate surface area is 167 Å². The smallest absolute Gasteiger partial charge is 0.287 e. The van der Waals surface area contributed by atoms with E-state index in [1.807, 2.05) is 0 Å². The Hall–Kier alpha value is -2.60.